The van der Waals surface area contributed by atoms with Gasteiger partial charge in [0.25, 0.3) is 0 Å². The first-order chi connectivity index (χ1) is 8.56. The normalized spacial score (nSPS) is 38.6. The molecule has 104 valence electrons. The number of aliphatic carboxylic acids is 1. The molecule has 4 heteroatoms. The van der Waals surface area contributed by atoms with E-state index in [1.165, 1.54) is 12.8 Å². The van der Waals surface area contributed by atoms with Gasteiger partial charge in [0, 0.05) is 12.1 Å². The van der Waals surface area contributed by atoms with Crippen LogP contribution in [0.25, 0.3) is 0 Å². The molecular weight excluding hydrogens is 230 g/mol. The maximum atomic E-state index is 11.0. The molecule has 0 aliphatic carbocycles. The number of nitrogens with zero attached hydrogens (tertiary/aromatic N) is 1. The molecule has 4 nitrogen and oxygen atoms in total. The summed E-state index contributed by atoms with van der Waals surface area (Å²) in [7, 11) is 0. The molecule has 0 aromatic rings. The summed E-state index contributed by atoms with van der Waals surface area (Å²) >= 11 is 0. The zero-order valence-electron chi connectivity index (χ0n) is 11.5. The van der Waals surface area contributed by atoms with E-state index in [1.54, 1.807) is 0 Å². The topological polar surface area (TPSA) is 49.8 Å². The van der Waals surface area contributed by atoms with Crippen LogP contribution in [0.5, 0.6) is 0 Å². The molecule has 3 unspecified atom stereocenters. The molecule has 2 heterocycles. The largest absolute Gasteiger partial charge is 0.481 e. The molecule has 0 aromatic heterocycles. The first-order valence-electron chi connectivity index (χ1n) is 7.19. The van der Waals surface area contributed by atoms with E-state index >= 15 is 0 Å². The summed E-state index contributed by atoms with van der Waals surface area (Å²) in [4.78, 5) is 13.4. The van der Waals surface area contributed by atoms with Crippen molar-refractivity contribution in [2.45, 2.75) is 76.7 Å². The average molecular weight is 255 g/mol. The van der Waals surface area contributed by atoms with Gasteiger partial charge in [0.15, 0.2) is 0 Å². The van der Waals surface area contributed by atoms with Crippen LogP contribution >= 0.6 is 0 Å². The van der Waals surface area contributed by atoms with Crippen molar-refractivity contribution < 1.29 is 14.6 Å². The van der Waals surface area contributed by atoms with E-state index in [1.807, 2.05) is 0 Å². The maximum Gasteiger partial charge on any atom is 0.304 e. The fraction of sp³-hybridized carbons (Fsp3) is 0.929. The van der Waals surface area contributed by atoms with Crippen LogP contribution in [0, 0.1) is 0 Å². The Kier molecular flexibility index (Phi) is 4.62. The number of rotatable bonds is 3. The highest BCUT2D eigenvalue weighted by atomic mass is 16.5. The molecule has 2 rings (SSSR count). The highest BCUT2D eigenvalue weighted by Crippen LogP contribution is 2.30. The van der Waals surface area contributed by atoms with Gasteiger partial charge in [0.05, 0.1) is 18.6 Å². The van der Waals surface area contributed by atoms with Crippen molar-refractivity contribution in [3.05, 3.63) is 0 Å². The average Bonchev–Trinajstić information content (AvgIpc) is 2.27. The molecule has 2 aliphatic rings. The molecule has 2 fully saturated rings. The SMILES string of the molecule is CC1CC(N2CCCCC2CC(=O)O)CC(C)O1. The number of likely N-dealkylation sites (tertiary alicyclic amines) is 1. The van der Waals surface area contributed by atoms with Gasteiger partial charge < -0.3 is 9.84 Å². The highest BCUT2D eigenvalue weighted by Gasteiger charge is 2.34. The number of piperidine rings is 1. The van der Waals surface area contributed by atoms with Crippen molar-refractivity contribution in [1.82, 2.24) is 4.90 Å². The molecule has 0 spiro atoms. The minimum atomic E-state index is -0.667. The Morgan fingerprint density at radius 1 is 1.28 bits per heavy atom. The Hall–Kier alpha value is -0.610. The molecule has 0 amide bonds. The van der Waals surface area contributed by atoms with Crippen LogP contribution in [-0.2, 0) is 9.53 Å². The van der Waals surface area contributed by atoms with Crippen molar-refractivity contribution in [3.63, 3.8) is 0 Å². The van der Waals surface area contributed by atoms with Gasteiger partial charge in [-0.25, -0.2) is 0 Å². The molecule has 18 heavy (non-hydrogen) atoms. The predicted octanol–water partition coefficient (Wildman–Crippen LogP) is 2.27. The van der Waals surface area contributed by atoms with Crippen molar-refractivity contribution in [2.75, 3.05) is 6.54 Å². The molecule has 2 saturated heterocycles. The number of carbonyl (C=O) groups is 1. The smallest absolute Gasteiger partial charge is 0.304 e. The van der Waals surface area contributed by atoms with E-state index in [4.69, 9.17) is 9.84 Å². The maximum absolute atomic E-state index is 11.0. The van der Waals surface area contributed by atoms with E-state index in [0.29, 0.717) is 24.7 Å². The van der Waals surface area contributed by atoms with Crippen molar-refractivity contribution >= 4 is 5.97 Å². The molecule has 0 radical (unpaired) electrons. The van der Waals surface area contributed by atoms with Crippen LogP contribution in [0.4, 0.5) is 0 Å². The Morgan fingerprint density at radius 2 is 1.94 bits per heavy atom. The summed E-state index contributed by atoms with van der Waals surface area (Å²) in [6.45, 7) is 5.31. The lowest BCUT2D eigenvalue weighted by Crippen LogP contribution is -2.51. The number of ether oxygens (including phenoxy) is 1. The van der Waals surface area contributed by atoms with E-state index in [-0.39, 0.29) is 6.04 Å². The lowest BCUT2D eigenvalue weighted by atomic mass is 9.91. The van der Waals surface area contributed by atoms with Gasteiger partial charge in [-0.3, -0.25) is 9.69 Å². The standard InChI is InChI=1S/C14H25NO3/c1-10-7-13(8-11(2)18-10)15-6-4-3-5-12(15)9-14(16)17/h10-13H,3-9H2,1-2H3,(H,16,17). The lowest BCUT2D eigenvalue weighted by molar-refractivity contribution is -0.139. The van der Waals surface area contributed by atoms with E-state index in [9.17, 15) is 4.79 Å². The third kappa shape index (κ3) is 3.45. The van der Waals surface area contributed by atoms with Crippen LogP contribution in [0.1, 0.15) is 52.4 Å². The summed E-state index contributed by atoms with van der Waals surface area (Å²) < 4.78 is 5.78. The number of hydrogen-bond acceptors (Lipinski definition) is 3. The van der Waals surface area contributed by atoms with Crippen molar-refractivity contribution in [1.29, 1.82) is 0 Å². The third-order valence-electron chi connectivity index (χ3n) is 4.22. The predicted molar refractivity (Wildman–Crippen MR) is 69.6 cm³/mol. The molecular formula is C14H25NO3. The molecule has 0 saturated carbocycles. The van der Waals surface area contributed by atoms with Gasteiger partial charge in [-0.1, -0.05) is 6.42 Å². The Balaban J connectivity index is 2.01. The minimum absolute atomic E-state index is 0.235. The molecule has 0 aromatic carbocycles. The van der Waals surface area contributed by atoms with Crippen LogP contribution in [0.3, 0.4) is 0 Å². The Bertz CT molecular complexity index is 285. The van der Waals surface area contributed by atoms with Gasteiger partial charge in [-0.2, -0.15) is 0 Å². The van der Waals surface area contributed by atoms with Gasteiger partial charge in [0.1, 0.15) is 0 Å². The zero-order chi connectivity index (χ0) is 13.1. The van der Waals surface area contributed by atoms with Gasteiger partial charge in [0.2, 0.25) is 0 Å². The van der Waals surface area contributed by atoms with E-state index < -0.39 is 5.97 Å². The lowest BCUT2D eigenvalue weighted by Gasteiger charge is -2.45. The van der Waals surface area contributed by atoms with Crippen molar-refractivity contribution in [2.24, 2.45) is 0 Å². The number of hydrogen-bond donors (Lipinski definition) is 1. The first-order valence-corrected chi connectivity index (χ1v) is 7.19. The van der Waals surface area contributed by atoms with Gasteiger partial charge in [-0.05, 0) is 46.1 Å². The van der Waals surface area contributed by atoms with E-state index in [0.717, 1.165) is 25.8 Å². The molecule has 2 aliphatic heterocycles. The quantitative estimate of drug-likeness (QED) is 0.840. The molecule has 0 bridgehead atoms. The first kappa shape index (κ1) is 13.8. The summed E-state index contributed by atoms with van der Waals surface area (Å²) in [5.41, 5.74) is 0. The van der Waals surface area contributed by atoms with Crippen LogP contribution in [0.2, 0.25) is 0 Å². The highest BCUT2D eigenvalue weighted by molar-refractivity contribution is 5.67. The summed E-state index contributed by atoms with van der Waals surface area (Å²) in [5.74, 6) is -0.667. The van der Waals surface area contributed by atoms with E-state index in [2.05, 4.69) is 18.7 Å². The number of carboxylic acid groups (broad SMARTS) is 1. The second-order valence-corrected chi connectivity index (χ2v) is 5.87. The fourth-order valence-electron chi connectivity index (χ4n) is 3.57. The Labute approximate surface area is 109 Å². The summed E-state index contributed by atoms with van der Waals surface area (Å²) in [6.07, 6.45) is 6.38. The van der Waals surface area contributed by atoms with Gasteiger partial charge in [-0.15, -0.1) is 0 Å². The summed E-state index contributed by atoms with van der Waals surface area (Å²) in [6, 6.07) is 0.743. The minimum Gasteiger partial charge on any atom is -0.481 e. The van der Waals surface area contributed by atoms with Crippen LogP contribution in [-0.4, -0.2) is 46.8 Å². The second-order valence-electron chi connectivity index (χ2n) is 5.87. The second kappa shape index (κ2) is 6.02. The molecule has 3 atom stereocenters. The molecule has 1 N–H and O–H groups in total. The summed E-state index contributed by atoms with van der Waals surface area (Å²) in [5, 5.41) is 9.03. The fourth-order valence-corrected chi connectivity index (χ4v) is 3.57. The van der Waals surface area contributed by atoms with Crippen LogP contribution < -0.4 is 0 Å². The Morgan fingerprint density at radius 3 is 2.56 bits per heavy atom. The monoisotopic (exact) mass is 255 g/mol. The zero-order valence-corrected chi connectivity index (χ0v) is 11.5. The van der Waals surface area contributed by atoms with Gasteiger partial charge >= 0.3 is 5.97 Å². The number of carboxylic acids is 1. The van der Waals surface area contributed by atoms with Crippen molar-refractivity contribution in [3.8, 4) is 0 Å². The van der Waals surface area contributed by atoms with Crippen LogP contribution in [0.15, 0.2) is 0 Å². The third-order valence-corrected chi connectivity index (χ3v) is 4.22.